The molecule has 3 heterocycles. The van der Waals surface area contributed by atoms with Crippen LogP contribution in [0.5, 0.6) is 0 Å². The number of rotatable bonds is 5. The Morgan fingerprint density at radius 2 is 2.16 bits per heavy atom. The van der Waals surface area contributed by atoms with Gasteiger partial charge in [-0.25, -0.2) is 19.4 Å². The van der Waals surface area contributed by atoms with Crippen LogP contribution in [-0.4, -0.2) is 36.7 Å². The van der Waals surface area contributed by atoms with Crippen LogP contribution in [0.25, 0.3) is 5.95 Å². The molecule has 2 amide bonds. The first-order chi connectivity index (χ1) is 12.2. The molecule has 1 atom stereocenters. The highest BCUT2D eigenvalue weighted by Gasteiger charge is 2.37. The molecule has 1 fully saturated rings. The summed E-state index contributed by atoms with van der Waals surface area (Å²) >= 11 is 0. The third kappa shape index (κ3) is 3.23. The second-order valence-corrected chi connectivity index (χ2v) is 5.98. The summed E-state index contributed by atoms with van der Waals surface area (Å²) in [5, 5.41) is 7.10. The number of furan rings is 1. The Labute approximate surface area is 144 Å². The summed E-state index contributed by atoms with van der Waals surface area (Å²) in [5.74, 6) is 1.22. The van der Waals surface area contributed by atoms with Crippen molar-refractivity contribution in [3.63, 3.8) is 0 Å². The number of hydrogen-bond donors (Lipinski definition) is 1. The number of carbonyl (C=O) groups excluding carboxylic acids is 1. The number of nitrogens with zero attached hydrogens (tertiary/aromatic N) is 5. The van der Waals surface area contributed by atoms with Gasteiger partial charge in [-0.05, 0) is 38.0 Å². The highest BCUT2D eigenvalue weighted by Crippen LogP contribution is 2.35. The minimum atomic E-state index is -0.167. The number of amides is 2. The van der Waals surface area contributed by atoms with Crippen molar-refractivity contribution < 1.29 is 9.21 Å². The van der Waals surface area contributed by atoms with Crippen LogP contribution in [0.15, 0.2) is 53.7 Å². The summed E-state index contributed by atoms with van der Waals surface area (Å²) in [6, 6.07) is 5.40. The minimum absolute atomic E-state index is 0.130. The van der Waals surface area contributed by atoms with Crippen molar-refractivity contribution in [2.75, 3.05) is 5.32 Å². The normalized spacial score (nSPS) is 14.9. The molecular weight excluding hydrogens is 320 g/mol. The molecule has 1 aliphatic rings. The van der Waals surface area contributed by atoms with Crippen molar-refractivity contribution in [1.82, 2.24) is 24.6 Å². The van der Waals surface area contributed by atoms with Gasteiger partial charge in [0.15, 0.2) is 0 Å². The average Bonchev–Trinajstić information content (AvgIpc) is 3.13. The molecule has 4 rings (SSSR count). The lowest BCUT2D eigenvalue weighted by Crippen LogP contribution is -2.38. The third-order valence-electron chi connectivity index (χ3n) is 4.14. The van der Waals surface area contributed by atoms with Crippen LogP contribution >= 0.6 is 0 Å². The summed E-state index contributed by atoms with van der Waals surface area (Å²) in [7, 11) is 0. The molecule has 3 aromatic heterocycles. The molecule has 1 aliphatic carbocycles. The van der Waals surface area contributed by atoms with E-state index in [-0.39, 0.29) is 18.1 Å². The molecule has 0 unspecified atom stereocenters. The van der Waals surface area contributed by atoms with Gasteiger partial charge in [-0.3, -0.25) is 0 Å². The number of nitrogens with one attached hydrogen (secondary N) is 1. The molecular formula is C17H18N6O2. The van der Waals surface area contributed by atoms with Crippen LogP contribution in [0, 0.1) is 0 Å². The zero-order valence-electron chi connectivity index (χ0n) is 13.7. The van der Waals surface area contributed by atoms with Gasteiger partial charge in [0.25, 0.3) is 0 Å². The lowest BCUT2D eigenvalue weighted by Gasteiger charge is -2.27. The Bertz CT molecular complexity index is 841. The van der Waals surface area contributed by atoms with Crippen molar-refractivity contribution in [2.24, 2.45) is 0 Å². The smallest absolute Gasteiger partial charge is 0.322 e. The van der Waals surface area contributed by atoms with E-state index in [1.54, 1.807) is 37.1 Å². The number of carbonyl (C=O) groups is 1. The topological polar surface area (TPSA) is 89.1 Å². The van der Waals surface area contributed by atoms with Gasteiger partial charge in [0.2, 0.25) is 5.95 Å². The Kier molecular flexibility index (Phi) is 3.93. The zero-order chi connectivity index (χ0) is 17.2. The van der Waals surface area contributed by atoms with E-state index in [2.05, 4.69) is 20.4 Å². The number of hydrogen-bond acceptors (Lipinski definition) is 5. The van der Waals surface area contributed by atoms with E-state index in [1.807, 2.05) is 24.0 Å². The molecule has 8 nitrogen and oxygen atoms in total. The molecule has 128 valence electrons. The Balaban J connectivity index is 1.50. The van der Waals surface area contributed by atoms with Crippen LogP contribution in [0.2, 0.25) is 0 Å². The lowest BCUT2D eigenvalue weighted by atomic mass is 10.2. The summed E-state index contributed by atoms with van der Waals surface area (Å²) in [5.41, 5.74) is 0.592. The maximum atomic E-state index is 12.8. The van der Waals surface area contributed by atoms with Crippen molar-refractivity contribution in [3.05, 3.63) is 55.0 Å². The van der Waals surface area contributed by atoms with Crippen LogP contribution in [-0.2, 0) is 0 Å². The summed E-state index contributed by atoms with van der Waals surface area (Å²) in [6.07, 6.45) is 10.2. The highest BCUT2D eigenvalue weighted by atomic mass is 16.3. The molecule has 3 aromatic rings. The van der Waals surface area contributed by atoms with Gasteiger partial charge in [-0.1, -0.05) is 0 Å². The molecule has 0 aliphatic heterocycles. The molecule has 25 heavy (non-hydrogen) atoms. The fraction of sp³-hybridized carbons (Fsp3) is 0.294. The first-order valence-electron chi connectivity index (χ1n) is 8.17. The Morgan fingerprint density at radius 3 is 2.84 bits per heavy atom. The van der Waals surface area contributed by atoms with Crippen molar-refractivity contribution in [3.8, 4) is 5.95 Å². The highest BCUT2D eigenvalue weighted by molar-refractivity contribution is 5.89. The average molecular weight is 338 g/mol. The first-order valence-corrected chi connectivity index (χ1v) is 8.17. The molecule has 1 N–H and O–H groups in total. The summed E-state index contributed by atoms with van der Waals surface area (Å²) in [6.45, 7) is 1.97. The van der Waals surface area contributed by atoms with Crippen molar-refractivity contribution in [1.29, 1.82) is 0 Å². The van der Waals surface area contributed by atoms with E-state index >= 15 is 0 Å². The van der Waals surface area contributed by atoms with E-state index < -0.39 is 0 Å². The molecule has 1 saturated carbocycles. The SMILES string of the molecule is C[C@H](c1ccco1)N(C(=O)Nc1cnn(-c2ncccn2)c1)C1CC1. The lowest BCUT2D eigenvalue weighted by molar-refractivity contribution is 0.179. The van der Waals surface area contributed by atoms with Gasteiger partial charge in [-0.15, -0.1) is 0 Å². The predicted molar refractivity (Wildman–Crippen MR) is 90.2 cm³/mol. The molecule has 0 bridgehead atoms. The van der Waals surface area contributed by atoms with Gasteiger partial charge >= 0.3 is 6.03 Å². The van der Waals surface area contributed by atoms with Crippen molar-refractivity contribution in [2.45, 2.75) is 31.8 Å². The largest absolute Gasteiger partial charge is 0.467 e. The second-order valence-electron chi connectivity index (χ2n) is 5.98. The minimum Gasteiger partial charge on any atom is -0.467 e. The molecule has 0 aromatic carbocycles. The standard InChI is InChI=1S/C17H18N6O2/c1-12(15-4-2-9-25-15)23(14-5-6-14)17(24)21-13-10-20-22(11-13)16-18-7-3-8-19-16/h2-4,7-12,14H,5-6H2,1H3,(H,21,24)/t12-/m1/s1. The fourth-order valence-electron chi connectivity index (χ4n) is 2.77. The second kappa shape index (κ2) is 6.39. The zero-order valence-corrected chi connectivity index (χ0v) is 13.7. The molecule has 0 radical (unpaired) electrons. The fourth-order valence-corrected chi connectivity index (χ4v) is 2.77. The van der Waals surface area contributed by atoms with Gasteiger partial charge in [-0.2, -0.15) is 5.10 Å². The molecule has 0 spiro atoms. The monoisotopic (exact) mass is 338 g/mol. The Hall–Kier alpha value is -3.16. The molecule has 0 saturated heterocycles. The van der Waals surface area contributed by atoms with Gasteiger partial charge < -0.3 is 14.6 Å². The van der Waals surface area contributed by atoms with Gasteiger partial charge in [0.05, 0.1) is 30.4 Å². The van der Waals surface area contributed by atoms with Crippen LogP contribution < -0.4 is 5.32 Å². The summed E-state index contributed by atoms with van der Waals surface area (Å²) < 4.78 is 6.98. The van der Waals surface area contributed by atoms with Crippen LogP contribution in [0.4, 0.5) is 10.5 Å². The van der Waals surface area contributed by atoms with Crippen molar-refractivity contribution >= 4 is 11.7 Å². The van der Waals surface area contributed by atoms with E-state index in [9.17, 15) is 4.79 Å². The molecule has 8 heteroatoms. The quantitative estimate of drug-likeness (QED) is 0.772. The van der Waals surface area contributed by atoms with Crippen LogP contribution in [0.1, 0.15) is 31.6 Å². The number of aromatic nitrogens is 4. The van der Waals surface area contributed by atoms with Gasteiger partial charge in [0.1, 0.15) is 5.76 Å². The van der Waals surface area contributed by atoms with E-state index in [0.29, 0.717) is 11.6 Å². The Morgan fingerprint density at radius 1 is 1.36 bits per heavy atom. The first kappa shape index (κ1) is 15.4. The number of anilines is 1. The van der Waals surface area contributed by atoms with E-state index in [4.69, 9.17) is 4.42 Å². The van der Waals surface area contributed by atoms with E-state index in [0.717, 1.165) is 18.6 Å². The summed E-state index contributed by atoms with van der Waals surface area (Å²) in [4.78, 5) is 22.9. The maximum absolute atomic E-state index is 12.8. The van der Waals surface area contributed by atoms with Crippen LogP contribution in [0.3, 0.4) is 0 Å². The maximum Gasteiger partial charge on any atom is 0.322 e. The van der Waals surface area contributed by atoms with Gasteiger partial charge in [0, 0.05) is 18.4 Å². The third-order valence-corrected chi connectivity index (χ3v) is 4.14. The number of urea groups is 1. The predicted octanol–water partition coefficient (Wildman–Crippen LogP) is 3.01. The van der Waals surface area contributed by atoms with E-state index in [1.165, 1.54) is 4.68 Å².